The van der Waals surface area contributed by atoms with Gasteiger partial charge in [0.25, 0.3) is 5.91 Å². The van der Waals surface area contributed by atoms with E-state index in [1.165, 1.54) is 16.3 Å². The van der Waals surface area contributed by atoms with Crippen molar-refractivity contribution in [2.75, 3.05) is 5.32 Å². The molecule has 1 N–H and O–H groups in total. The molecular formula is C8H6N6OS. The Morgan fingerprint density at radius 3 is 3.12 bits per heavy atom. The number of rotatable bonds is 2. The lowest BCUT2D eigenvalue weighted by atomic mass is 10.3. The lowest BCUT2D eigenvalue weighted by molar-refractivity contribution is 0.102. The maximum absolute atomic E-state index is 11.6. The summed E-state index contributed by atoms with van der Waals surface area (Å²) in [6, 6.07) is 1.94. The fraction of sp³-hybridized carbons (Fsp3) is 0.125. The molecule has 2 rings (SSSR count). The number of anilines is 1. The molecule has 0 fully saturated rings. The third kappa shape index (κ3) is 1.76. The van der Waals surface area contributed by atoms with Crippen LogP contribution in [0.25, 0.3) is 0 Å². The molecule has 0 aliphatic rings. The summed E-state index contributed by atoms with van der Waals surface area (Å²) in [6.07, 6.45) is 1.38. The van der Waals surface area contributed by atoms with Crippen molar-refractivity contribution in [1.29, 1.82) is 5.26 Å². The first-order chi connectivity index (χ1) is 7.72. The number of hydrogen-bond acceptors (Lipinski definition) is 6. The Balaban J connectivity index is 2.25. The van der Waals surface area contributed by atoms with E-state index >= 15 is 0 Å². The number of nitrogens with one attached hydrogen (secondary N) is 1. The van der Waals surface area contributed by atoms with E-state index < -0.39 is 5.91 Å². The van der Waals surface area contributed by atoms with E-state index in [1.807, 2.05) is 6.07 Å². The predicted molar refractivity (Wildman–Crippen MR) is 55.8 cm³/mol. The second-order valence-electron chi connectivity index (χ2n) is 2.89. The fourth-order valence-corrected chi connectivity index (χ4v) is 1.54. The summed E-state index contributed by atoms with van der Waals surface area (Å²) in [7, 11) is 1.63. The molecule has 1 amide bonds. The van der Waals surface area contributed by atoms with Gasteiger partial charge in [-0.15, -0.1) is 5.10 Å². The monoisotopic (exact) mass is 234 g/mol. The zero-order valence-electron chi connectivity index (χ0n) is 8.21. The van der Waals surface area contributed by atoms with Gasteiger partial charge in [-0.2, -0.15) is 10.4 Å². The lowest BCUT2D eigenvalue weighted by Gasteiger charge is -2.02. The van der Waals surface area contributed by atoms with Crippen LogP contribution in [-0.2, 0) is 7.05 Å². The van der Waals surface area contributed by atoms with Crippen molar-refractivity contribution in [3.8, 4) is 6.07 Å². The van der Waals surface area contributed by atoms with Crippen molar-refractivity contribution >= 4 is 23.3 Å². The highest BCUT2D eigenvalue weighted by molar-refractivity contribution is 7.03. The normalized spacial score (nSPS) is 9.75. The van der Waals surface area contributed by atoms with Gasteiger partial charge in [0.05, 0.1) is 6.20 Å². The molecule has 2 aromatic rings. The van der Waals surface area contributed by atoms with E-state index in [2.05, 4.69) is 20.0 Å². The zero-order chi connectivity index (χ0) is 11.5. The van der Waals surface area contributed by atoms with Crippen molar-refractivity contribution in [2.24, 2.45) is 7.05 Å². The summed E-state index contributed by atoms with van der Waals surface area (Å²) in [6.45, 7) is 0. The van der Waals surface area contributed by atoms with E-state index in [4.69, 9.17) is 5.26 Å². The molecule has 0 saturated carbocycles. The summed E-state index contributed by atoms with van der Waals surface area (Å²) in [5.41, 5.74) is 0.522. The number of nitrogens with zero attached hydrogens (tertiary/aromatic N) is 5. The van der Waals surface area contributed by atoms with Crippen LogP contribution in [0.3, 0.4) is 0 Å². The molecule has 0 saturated heterocycles. The Kier molecular flexibility index (Phi) is 2.61. The molecule has 0 spiro atoms. The SMILES string of the molecule is Cn1ncc(C#N)c1NC(=O)c1csnn1. The van der Waals surface area contributed by atoms with Crippen LogP contribution < -0.4 is 5.32 Å². The van der Waals surface area contributed by atoms with E-state index in [1.54, 1.807) is 7.05 Å². The molecule has 0 aliphatic carbocycles. The van der Waals surface area contributed by atoms with Crippen LogP contribution >= 0.6 is 11.5 Å². The first-order valence-electron chi connectivity index (χ1n) is 4.23. The van der Waals surface area contributed by atoms with Crippen LogP contribution in [-0.4, -0.2) is 25.3 Å². The molecular weight excluding hydrogens is 228 g/mol. The number of carbonyl (C=O) groups excluding carboxylic acids is 1. The minimum absolute atomic E-state index is 0.218. The van der Waals surface area contributed by atoms with Crippen LogP contribution in [0.4, 0.5) is 5.82 Å². The summed E-state index contributed by atoms with van der Waals surface area (Å²) in [5, 5.41) is 20.4. The van der Waals surface area contributed by atoms with Crippen LogP contribution in [0.1, 0.15) is 16.1 Å². The van der Waals surface area contributed by atoms with Gasteiger partial charge in [0.1, 0.15) is 17.5 Å². The fourth-order valence-electron chi connectivity index (χ4n) is 1.10. The standard InChI is InChI=1S/C8H6N6OS/c1-14-7(5(2-9)3-10-14)11-8(15)6-4-16-13-12-6/h3-4H,1H3,(H,11,15). The van der Waals surface area contributed by atoms with E-state index in [-0.39, 0.29) is 5.69 Å². The van der Waals surface area contributed by atoms with E-state index in [0.29, 0.717) is 11.4 Å². The summed E-state index contributed by atoms with van der Waals surface area (Å²) in [5.74, 6) is -0.0608. The Labute approximate surface area is 94.5 Å². The zero-order valence-corrected chi connectivity index (χ0v) is 9.02. The Bertz CT molecular complexity index is 552. The highest BCUT2D eigenvalue weighted by Crippen LogP contribution is 2.13. The number of aryl methyl sites for hydroxylation is 1. The summed E-state index contributed by atoms with van der Waals surface area (Å²) in [4.78, 5) is 11.6. The molecule has 2 aromatic heterocycles. The molecule has 0 aromatic carbocycles. The second kappa shape index (κ2) is 4.08. The van der Waals surface area contributed by atoms with Gasteiger partial charge in [-0.25, -0.2) is 0 Å². The molecule has 80 valence electrons. The van der Waals surface area contributed by atoms with Crippen molar-refractivity contribution in [3.63, 3.8) is 0 Å². The van der Waals surface area contributed by atoms with Crippen LogP contribution in [0, 0.1) is 11.3 Å². The number of amides is 1. The van der Waals surface area contributed by atoms with Gasteiger partial charge in [-0.3, -0.25) is 9.48 Å². The Morgan fingerprint density at radius 1 is 1.69 bits per heavy atom. The topological polar surface area (TPSA) is 96.5 Å². The van der Waals surface area contributed by atoms with Gasteiger partial charge >= 0.3 is 0 Å². The maximum atomic E-state index is 11.6. The largest absolute Gasteiger partial charge is 0.304 e. The van der Waals surface area contributed by atoms with Gasteiger partial charge in [-0.05, 0) is 11.5 Å². The Hall–Kier alpha value is -2.27. The second-order valence-corrected chi connectivity index (χ2v) is 3.50. The van der Waals surface area contributed by atoms with Crippen LogP contribution in [0.2, 0.25) is 0 Å². The van der Waals surface area contributed by atoms with Crippen molar-refractivity contribution in [3.05, 3.63) is 22.8 Å². The minimum atomic E-state index is -0.408. The molecule has 7 nitrogen and oxygen atoms in total. The number of aromatic nitrogens is 4. The third-order valence-corrected chi connectivity index (χ3v) is 2.39. The third-order valence-electron chi connectivity index (χ3n) is 1.88. The molecule has 0 bridgehead atoms. The average molecular weight is 234 g/mol. The highest BCUT2D eigenvalue weighted by atomic mass is 32.1. The lowest BCUT2D eigenvalue weighted by Crippen LogP contribution is -2.15. The molecule has 2 heterocycles. The van der Waals surface area contributed by atoms with Crippen molar-refractivity contribution < 1.29 is 4.79 Å². The van der Waals surface area contributed by atoms with Crippen molar-refractivity contribution in [1.82, 2.24) is 19.4 Å². The van der Waals surface area contributed by atoms with Gasteiger partial charge in [0.2, 0.25) is 0 Å². The van der Waals surface area contributed by atoms with Crippen LogP contribution in [0.15, 0.2) is 11.6 Å². The average Bonchev–Trinajstić information content (AvgIpc) is 2.89. The predicted octanol–water partition coefficient (Wildman–Crippen LogP) is 0.396. The van der Waals surface area contributed by atoms with E-state index in [9.17, 15) is 4.79 Å². The van der Waals surface area contributed by atoms with Gasteiger partial charge in [-0.1, -0.05) is 4.49 Å². The number of hydrogen-bond donors (Lipinski definition) is 1. The maximum Gasteiger partial charge on any atom is 0.278 e. The molecule has 0 atom stereocenters. The summed E-state index contributed by atoms with van der Waals surface area (Å²) >= 11 is 1.09. The molecule has 0 radical (unpaired) electrons. The van der Waals surface area contributed by atoms with Crippen LogP contribution in [0.5, 0.6) is 0 Å². The van der Waals surface area contributed by atoms with E-state index in [0.717, 1.165) is 11.5 Å². The van der Waals surface area contributed by atoms with Gasteiger partial charge < -0.3 is 5.32 Å². The molecule has 16 heavy (non-hydrogen) atoms. The first-order valence-corrected chi connectivity index (χ1v) is 5.06. The smallest absolute Gasteiger partial charge is 0.278 e. The minimum Gasteiger partial charge on any atom is -0.304 e. The first kappa shape index (κ1) is 10.3. The number of carbonyl (C=O) groups is 1. The highest BCUT2D eigenvalue weighted by Gasteiger charge is 2.14. The van der Waals surface area contributed by atoms with Crippen molar-refractivity contribution in [2.45, 2.75) is 0 Å². The van der Waals surface area contributed by atoms with Gasteiger partial charge in [0, 0.05) is 12.4 Å². The van der Waals surface area contributed by atoms with Gasteiger partial charge in [0.15, 0.2) is 5.69 Å². The summed E-state index contributed by atoms with van der Waals surface area (Å²) < 4.78 is 4.99. The molecule has 0 unspecified atom stereocenters. The molecule has 8 heteroatoms. The number of nitriles is 1. The molecule has 0 aliphatic heterocycles. The quantitative estimate of drug-likeness (QED) is 0.811. The Morgan fingerprint density at radius 2 is 2.50 bits per heavy atom.